The lowest BCUT2D eigenvalue weighted by atomic mass is 10.1. The first-order valence-electron chi connectivity index (χ1n) is 6.13. The minimum Gasteiger partial charge on any atom is -0.338 e. The summed E-state index contributed by atoms with van der Waals surface area (Å²) in [7, 11) is 0. The highest BCUT2D eigenvalue weighted by molar-refractivity contribution is 5.79. The number of nitrogens with one attached hydrogen (secondary N) is 1. The van der Waals surface area contributed by atoms with E-state index in [9.17, 15) is 0 Å². The van der Waals surface area contributed by atoms with Crippen molar-refractivity contribution in [3.63, 3.8) is 0 Å². The van der Waals surface area contributed by atoms with Gasteiger partial charge in [-0.3, -0.25) is 4.98 Å². The molecule has 4 nitrogen and oxygen atoms in total. The molecule has 1 aromatic carbocycles. The Hall–Kier alpha value is -2.67. The van der Waals surface area contributed by atoms with E-state index in [1.165, 1.54) is 0 Å². The predicted molar refractivity (Wildman–Crippen MR) is 73.3 cm³/mol. The van der Waals surface area contributed by atoms with Crippen molar-refractivity contribution in [1.82, 2.24) is 15.0 Å². The van der Waals surface area contributed by atoms with Crippen molar-refractivity contribution in [2.75, 3.05) is 0 Å². The maximum absolute atomic E-state index is 8.62. The summed E-state index contributed by atoms with van der Waals surface area (Å²) in [5, 5.41) is 8.62. The number of nitrogens with zero attached hydrogens (tertiary/aromatic N) is 3. The van der Waals surface area contributed by atoms with E-state index in [-0.39, 0.29) is 0 Å². The summed E-state index contributed by atoms with van der Waals surface area (Å²) in [6.07, 6.45) is 4.81. The molecule has 0 amide bonds. The summed E-state index contributed by atoms with van der Waals surface area (Å²) in [4.78, 5) is 11.9. The third-order valence-electron chi connectivity index (χ3n) is 3.03. The fourth-order valence-electron chi connectivity index (χ4n) is 2.06. The molecule has 0 aliphatic rings. The molecule has 19 heavy (non-hydrogen) atoms. The summed E-state index contributed by atoms with van der Waals surface area (Å²) in [6, 6.07) is 12.1. The number of nitriles is 1. The van der Waals surface area contributed by atoms with Crippen LogP contribution >= 0.6 is 0 Å². The number of hydrogen-bond donors (Lipinski definition) is 1. The quantitative estimate of drug-likeness (QED) is 0.774. The fraction of sp³-hybridized carbons (Fsp3) is 0.133. The molecule has 92 valence electrons. The molecule has 2 aromatic heterocycles. The van der Waals surface area contributed by atoms with Gasteiger partial charge in [-0.15, -0.1) is 0 Å². The van der Waals surface area contributed by atoms with E-state index in [1.54, 1.807) is 12.4 Å². The average molecular weight is 248 g/mol. The van der Waals surface area contributed by atoms with Gasteiger partial charge < -0.3 is 4.98 Å². The van der Waals surface area contributed by atoms with Crippen molar-refractivity contribution in [2.45, 2.75) is 12.8 Å². The highest BCUT2D eigenvalue weighted by atomic mass is 14.9. The van der Waals surface area contributed by atoms with Crippen LogP contribution < -0.4 is 0 Å². The van der Waals surface area contributed by atoms with Gasteiger partial charge in [0.05, 0.1) is 17.1 Å². The Morgan fingerprint density at radius 2 is 2.00 bits per heavy atom. The van der Waals surface area contributed by atoms with E-state index in [0.717, 1.165) is 34.4 Å². The van der Waals surface area contributed by atoms with Crippen LogP contribution in [0.4, 0.5) is 0 Å². The van der Waals surface area contributed by atoms with E-state index in [1.807, 2.05) is 24.3 Å². The van der Waals surface area contributed by atoms with Crippen LogP contribution in [0.1, 0.15) is 12.0 Å². The number of rotatable bonds is 3. The van der Waals surface area contributed by atoms with Gasteiger partial charge in [-0.05, 0) is 36.2 Å². The summed E-state index contributed by atoms with van der Waals surface area (Å²) in [6.45, 7) is 0. The number of aryl methyl sites for hydroxylation is 1. The zero-order valence-corrected chi connectivity index (χ0v) is 10.3. The molecule has 0 atom stereocenters. The van der Waals surface area contributed by atoms with Crippen LogP contribution in [-0.2, 0) is 6.42 Å². The van der Waals surface area contributed by atoms with Crippen LogP contribution in [0.3, 0.4) is 0 Å². The number of aromatic nitrogens is 3. The van der Waals surface area contributed by atoms with E-state index in [0.29, 0.717) is 6.42 Å². The van der Waals surface area contributed by atoms with Gasteiger partial charge in [0.1, 0.15) is 5.82 Å². The van der Waals surface area contributed by atoms with E-state index >= 15 is 0 Å². The van der Waals surface area contributed by atoms with E-state index < -0.39 is 0 Å². The largest absolute Gasteiger partial charge is 0.338 e. The third kappa shape index (κ3) is 2.31. The first kappa shape index (κ1) is 11.4. The Balaban J connectivity index is 2.00. The second-order valence-electron chi connectivity index (χ2n) is 4.33. The number of fused-ring (bicyclic) bond motifs is 1. The molecular formula is C15H12N4. The summed E-state index contributed by atoms with van der Waals surface area (Å²) in [5.41, 5.74) is 4.11. The van der Waals surface area contributed by atoms with Crippen molar-refractivity contribution in [1.29, 1.82) is 5.26 Å². The number of H-pyrrole nitrogens is 1. The van der Waals surface area contributed by atoms with Gasteiger partial charge in [-0.2, -0.15) is 5.26 Å². The highest BCUT2D eigenvalue weighted by Crippen LogP contribution is 2.21. The molecule has 0 saturated heterocycles. The third-order valence-corrected chi connectivity index (χ3v) is 3.03. The standard InChI is InChI=1S/C15H12N4/c16-7-1-2-11-3-4-13-14(10-11)19-15(18-13)12-5-8-17-9-6-12/h3-6,8-10H,1-2H2,(H,18,19). The summed E-state index contributed by atoms with van der Waals surface area (Å²) >= 11 is 0. The van der Waals surface area contributed by atoms with Crippen LogP contribution in [0.5, 0.6) is 0 Å². The molecule has 2 heterocycles. The molecule has 0 saturated carbocycles. The topological polar surface area (TPSA) is 65.4 Å². The fourth-order valence-corrected chi connectivity index (χ4v) is 2.06. The Morgan fingerprint density at radius 3 is 2.79 bits per heavy atom. The molecular weight excluding hydrogens is 236 g/mol. The van der Waals surface area contributed by atoms with Gasteiger partial charge in [0.2, 0.25) is 0 Å². The van der Waals surface area contributed by atoms with Gasteiger partial charge in [0.25, 0.3) is 0 Å². The summed E-state index contributed by atoms with van der Waals surface area (Å²) < 4.78 is 0. The molecule has 0 fully saturated rings. The SMILES string of the molecule is N#CCCc1ccc2nc(-c3ccncc3)[nH]c2c1. The molecule has 4 heteroatoms. The number of aromatic amines is 1. The van der Waals surface area contributed by atoms with Crippen molar-refractivity contribution < 1.29 is 0 Å². The summed E-state index contributed by atoms with van der Waals surface area (Å²) in [5.74, 6) is 0.842. The molecule has 3 rings (SSSR count). The van der Waals surface area contributed by atoms with Gasteiger partial charge >= 0.3 is 0 Å². The van der Waals surface area contributed by atoms with Crippen molar-refractivity contribution in [3.05, 3.63) is 48.3 Å². The van der Waals surface area contributed by atoms with Crippen LogP contribution in [0.2, 0.25) is 0 Å². The molecule has 1 N–H and O–H groups in total. The van der Waals surface area contributed by atoms with Crippen molar-refractivity contribution in [3.8, 4) is 17.5 Å². The Labute approximate surface area is 110 Å². The molecule has 3 aromatic rings. The maximum atomic E-state index is 8.62. The van der Waals surface area contributed by atoms with Gasteiger partial charge in [-0.1, -0.05) is 6.07 Å². The minimum absolute atomic E-state index is 0.539. The highest BCUT2D eigenvalue weighted by Gasteiger charge is 2.05. The van der Waals surface area contributed by atoms with E-state index in [2.05, 4.69) is 27.1 Å². The normalized spacial score (nSPS) is 10.5. The molecule has 0 unspecified atom stereocenters. The Morgan fingerprint density at radius 1 is 1.16 bits per heavy atom. The lowest BCUT2D eigenvalue weighted by Crippen LogP contribution is -1.83. The lowest BCUT2D eigenvalue weighted by molar-refractivity contribution is 1.01. The number of benzene rings is 1. The second kappa shape index (κ2) is 4.91. The average Bonchev–Trinajstić information content (AvgIpc) is 2.89. The van der Waals surface area contributed by atoms with E-state index in [4.69, 9.17) is 5.26 Å². The Kier molecular flexibility index (Phi) is 2.95. The smallest absolute Gasteiger partial charge is 0.138 e. The minimum atomic E-state index is 0.539. The van der Waals surface area contributed by atoms with Crippen LogP contribution in [0, 0.1) is 11.3 Å². The maximum Gasteiger partial charge on any atom is 0.138 e. The Bertz CT molecular complexity index is 738. The van der Waals surface area contributed by atoms with Crippen LogP contribution in [0.15, 0.2) is 42.7 Å². The first-order chi connectivity index (χ1) is 9.36. The molecule has 0 aliphatic carbocycles. The lowest BCUT2D eigenvalue weighted by Gasteiger charge is -1.96. The first-order valence-corrected chi connectivity index (χ1v) is 6.13. The van der Waals surface area contributed by atoms with Gasteiger partial charge in [0.15, 0.2) is 0 Å². The number of pyridine rings is 1. The van der Waals surface area contributed by atoms with Gasteiger partial charge in [-0.25, -0.2) is 4.98 Å². The van der Waals surface area contributed by atoms with Crippen LogP contribution in [-0.4, -0.2) is 15.0 Å². The molecule has 0 bridgehead atoms. The molecule has 0 spiro atoms. The molecule has 0 aliphatic heterocycles. The number of hydrogen-bond acceptors (Lipinski definition) is 3. The number of imidazole rings is 1. The monoisotopic (exact) mass is 248 g/mol. The zero-order chi connectivity index (χ0) is 13.1. The zero-order valence-electron chi connectivity index (χ0n) is 10.3. The van der Waals surface area contributed by atoms with Gasteiger partial charge in [0, 0.05) is 24.4 Å². The predicted octanol–water partition coefficient (Wildman–Crippen LogP) is 3.08. The van der Waals surface area contributed by atoms with Crippen LogP contribution in [0.25, 0.3) is 22.4 Å². The second-order valence-corrected chi connectivity index (χ2v) is 4.33. The van der Waals surface area contributed by atoms with Crippen molar-refractivity contribution >= 4 is 11.0 Å². The van der Waals surface area contributed by atoms with Crippen molar-refractivity contribution in [2.24, 2.45) is 0 Å². The molecule has 0 radical (unpaired) electrons.